The lowest BCUT2D eigenvalue weighted by Crippen LogP contribution is -2.56. The van der Waals surface area contributed by atoms with Gasteiger partial charge < -0.3 is 15.1 Å². The molecule has 2 atom stereocenters. The number of carbonyl (C=O) groups excluding carboxylic acids is 2. The number of carbonyl (C=O) groups is 2. The van der Waals surface area contributed by atoms with Gasteiger partial charge in [0.1, 0.15) is 6.04 Å². The first-order chi connectivity index (χ1) is 17.5. The molecule has 37 heavy (non-hydrogen) atoms. The van der Waals surface area contributed by atoms with Crippen LogP contribution in [0.1, 0.15) is 49.7 Å². The molecule has 1 N–H and O–H groups in total. The van der Waals surface area contributed by atoms with E-state index in [1.54, 1.807) is 0 Å². The van der Waals surface area contributed by atoms with Crippen LogP contribution in [0.25, 0.3) is 0 Å². The Hall–Kier alpha value is -2.17. The molecule has 0 radical (unpaired) electrons. The highest BCUT2D eigenvalue weighted by Crippen LogP contribution is 2.35. The summed E-state index contributed by atoms with van der Waals surface area (Å²) in [7, 11) is 4.29. The Balaban J connectivity index is 1.17. The third kappa shape index (κ3) is 5.66. The molecule has 0 bridgehead atoms. The minimum Gasteiger partial charge on any atom is -0.348 e. The van der Waals surface area contributed by atoms with Crippen molar-refractivity contribution >= 4 is 11.8 Å². The Labute approximate surface area is 216 Å². The van der Waals surface area contributed by atoms with E-state index in [-0.39, 0.29) is 17.9 Å². The number of fused-ring (bicyclic) bond motifs is 1. The fourth-order valence-corrected chi connectivity index (χ4v) is 6.61. The summed E-state index contributed by atoms with van der Waals surface area (Å²) in [6.07, 6.45) is 0.192. The van der Waals surface area contributed by atoms with E-state index < -0.39 is 23.3 Å². The molecule has 4 aliphatic heterocycles. The monoisotopic (exact) mass is 521 g/mol. The molecule has 4 aliphatic rings. The molecule has 1 spiro atoms. The number of piperidine rings is 2. The van der Waals surface area contributed by atoms with Crippen molar-refractivity contribution in [1.29, 1.82) is 0 Å². The minimum absolute atomic E-state index is 0.0404. The molecular formula is C27H38F3N5O2. The second-order valence-electron chi connectivity index (χ2n) is 11.6. The zero-order valence-corrected chi connectivity index (χ0v) is 21.8. The molecule has 1 aromatic carbocycles. The molecule has 204 valence electrons. The standard InChI is InChI=1S/C27H38F3N5O2/c1-32-11-7-21(8-12-32)33(2)22-15-23-25(37)31-26(16-24(36)35(23)18-22)9-13-34(14-10-26)17-19-3-5-20(6-4-19)27(28,29)30/h3-6,21-23H,7-18H2,1-2H3,(H,31,37)/t22-,23-/m0/s1. The minimum atomic E-state index is -4.34. The van der Waals surface area contributed by atoms with Crippen LogP contribution in [0.15, 0.2) is 24.3 Å². The lowest BCUT2D eigenvalue weighted by atomic mass is 9.83. The summed E-state index contributed by atoms with van der Waals surface area (Å²) in [5.74, 6) is 0.0140. The van der Waals surface area contributed by atoms with Crippen molar-refractivity contribution in [2.75, 3.05) is 46.8 Å². The highest BCUT2D eigenvalue weighted by molar-refractivity contribution is 5.92. The molecule has 5 rings (SSSR count). The summed E-state index contributed by atoms with van der Waals surface area (Å²) < 4.78 is 38.5. The smallest absolute Gasteiger partial charge is 0.348 e. The van der Waals surface area contributed by atoms with Gasteiger partial charge in [-0.2, -0.15) is 13.2 Å². The van der Waals surface area contributed by atoms with E-state index in [0.29, 0.717) is 57.9 Å². The zero-order valence-electron chi connectivity index (χ0n) is 21.8. The quantitative estimate of drug-likeness (QED) is 0.660. The van der Waals surface area contributed by atoms with Gasteiger partial charge in [-0.25, -0.2) is 0 Å². The summed E-state index contributed by atoms with van der Waals surface area (Å²) in [4.78, 5) is 35.5. The molecular weight excluding hydrogens is 483 g/mol. The Kier molecular flexibility index (Phi) is 7.28. The predicted molar refractivity (Wildman–Crippen MR) is 134 cm³/mol. The second-order valence-corrected chi connectivity index (χ2v) is 11.6. The van der Waals surface area contributed by atoms with Gasteiger partial charge in [-0.1, -0.05) is 12.1 Å². The Morgan fingerprint density at radius 2 is 1.68 bits per heavy atom. The maximum absolute atomic E-state index is 13.4. The van der Waals surface area contributed by atoms with Crippen molar-refractivity contribution in [3.05, 3.63) is 35.4 Å². The Morgan fingerprint density at radius 1 is 1.03 bits per heavy atom. The molecule has 0 aliphatic carbocycles. The molecule has 4 heterocycles. The average Bonchev–Trinajstić information content (AvgIpc) is 3.28. The van der Waals surface area contributed by atoms with Gasteiger partial charge in [0.25, 0.3) is 0 Å². The molecule has 0 saturated carbocycles. The number of amides is 2. The van der Waals surface area contributed by atoms with Crippen LogP contribution in [0.4, 0.5) is 13.2 Å². The SMILES string of the molecule is CN1CCC(N(C)[C@H]2C[C@H]3C(=O)NC4(CCN(Cc5ccc(C(F)(F)F)cc5)CC4)CC(=O)N3C2)CC1. The van der Waals surface area contributed by atoms with Crippen molar-refractivity contribution in [3.63, 3.8) is 0 Å². The normalized spacial score (nSPS) is 28.0. The van der Waals surface area contributed by atoms with Crippen LogP contribution in [-0.2, 0) is 22.3 Å². The van der Waals surface area contributed by atoms with Crippen molar-refractivity contribution in [3.8, 4) is 0 Å². The second kappa shape index (κ2) is 10.2. The van der Waals surface area contributed by atoms with E-state index >= 15 is 0 Å². The number of nitrogens with one attached hydrogen (secondary N) is 1. The van der Waals surface area contributed by atoms with E-state index in [1.165, 1.54) is 12.1 Å². The largest absolute Gasteiger partial charge is 0.416 e. The van der Waals surface area contributed by atoms with Crippen molar-refractivity contribution < 1.29 is 22.8 Å². The first-order valence-electron chi connectivity index (χ1n) is 13.4. The van der Waals surface area contributed by atoms with Crippen LogP contribution < -0.4 is 5.32 Å². The van der Waals surface area contributed by atoms with Gasteiger partial charge in [-0.05, 0) is 77.0 Å². The topological polar surface area (TPSA) is 59.1 Å². The highest BCUT2D eigenvalue weighted by atomic mass is 19.4. The third-order valence-corrected chi connectivity index (χ3v) is 9.12. The number of hydrogen-bond donors (Lipinski definition) is 1. The number of benzene rings is 1. The number of nitrogens with zero attached hydrogens (tertiary/aromatic N) is 4. The molecule has 2 amide bonds. The first kappa shape index (κ1) is 26.4. The van der Waals surface area contributed by atoms with Crippen LogP contribution in [0.5, 0.6) is 0 Å². The van der Waals surface area contributed by atoms with E-state index in [1.807, 2.05) is 4.90 Å². The van der Waals surface area contributed by atoms with Crippen LogP contribution in [0.2, 0.25) is 0 Å². The van der Waals surface area contributed by atoms with E-state index in [4.69, 9.17) is 0 Å². The lowest BCUT2D eigenvalue weighted by molar-refractivity contribution is -0.137. The van der Waals surface area contributed by atoms with Crippen LogP contribution in [-0.4, -0.2) is 102 Å². The molecule has 7 nitrogen and oxygen atoms in total. The van der Waals surface area contributed by atoms with Crippen LogP contribution in [0, 0.1) is 0 Å². The first-order valence-corrected chi connectivity index (χ1v) is 13.4. The van der Waals surface area contributed by atoms with Gasteiger partial charge >= 0.3 is 6.18 Å². The van der Waals surface area contributed by atoms with Gasteiger partial charge in [0.05, 0.1) is 17.5 Å². The number of alkyl halides is 3. The molecule has 4 fully saturated rings. The molecule has 0 unspecified atom stereocenters. The van der Waals surface area contributed by atoms with Crippen LogP contribution >= 0.6 is 0 Å². The van der Waals surface area contributed by atoms with Gasteiger partial charge in [0, 0.05) is 38.3 Å². The summed E-state index contributed by atoms with van der Waals surface area (Å²) in [6, 6.07) is 5.58. The number of likely N-dealkylation sites (tertiary alicyclic amines) is 2. The fraction of sp³-hybridized carbons (Fsp3) is 0.704. The van der Waals surface area contributed by atoms with E-state index in [0.717, 1.165) is 43.6 Å². The van der Waals surface area contributed by atoms with Crippen LogP contribution in [0.3, 0.4) is 0 Å². The molecule has 0 aromatic heterocycles. The summed E-state index contributed by atoms with van der Waals surface area (Å²) >= 11 is 0. The number of rotatable bonds is 4. The van der Waals surface area contributed by atoms with Crippen molar-refractivity contribution in [2.45, 2.75) is 74.9 Å². The summed E-state index contributed by atoms with van der Waals surface area (Å²) in [5, 5.41) is 3.27. The Bertz CT molecular complexity index is 957. The zero-order chi connectivity index (χ0) is 26.4. The maximum Gasteiger partial charge on any atom is 0.416 e. The van der Waals surface area contributed by atoms with Gasteiger partial charge in [-0.3, -0.25) is 19.4 Å². The van der Waals surface area contributed by atoms with Gasteiger partial charge in [-0.15, -0.1) is 0 Å². The average molecular weight is 522 g/mol. The molecule has 10 heteroatoms. The summed E-state index contributed by atoms with van der Waals surface area (Å²) in [5.41, 5.74) is -0.357. The van der Waals surface area contributed by atoms with Crippen molar-refractivity contribution in [1.82, 2.24) is 24.9 Å². The number of likely N-dealkylation sites (N-methyl/N-ethyl adjacent to an activating group) is 1. The van der Waals surface area contributed by atoms with E-state index in [9.17, 15) is 22.8 Å². The summed E-state index contributed by atoms with van der Waals surface area (Å²) in [6.45, 7) is 4.67. The number of halogens is 3. The molecule has 1 aromatic rings. The van der Waals surface area contributed by atoms with Gasteiger partial charge in [0.2, 0.25) is 11.8 Å². The Morgan fingerprint density at radius 3 is 2.30 bits per heavy atom. The highest BCUT2D eigenvalue weighted by Gasteiger charge is 2.49. The lowest BCUT2D eigenvalue weighted by Gasteiger charge is -2.41. The molecule has 4 saturated heterocycles. The van der Waals surface area contributed by atoms with E-state index in [2.05, 4.69) is 34.1 Å². The predicted octanol–water partition coefficient (Wildman–Crippen LogP) is 2.56. The maximum atomic E-state index is 13.4. The van der Waals surface area contributed by atoms with Gasteiger partial charge in [0.15, 0.2) is 0 Å². The fourth-order valence-electron chi connectivity index (χ4n) is 6.61. The third-order valence-electron chi connectivity index (χ3n) is 9.12. The number of hydrogen-bond acceptors (Lipinski definition) is 5. The van der Waals surface area contributed by atoms with Crippen molar-refractivity contribution in [2.24, 2.45) is 0 Å².